The van der Waals surface area contributed by atoms with Gasteiger partial charge < -0.3 is 0 Å². The molecule has 0 fully saturated rings. The van der Waals surface area contributed by atoms with E-state index in [4.69, 9.17) is 4.28 Å². The van der Waals surface area contributed by atoms with E-state index in [0.717, 1.165) is 38.6 Å². The first-order chi connectivity index (χ1) is 14.0. The summed E-state index contributed by atoms with van der Waals surface area (Å²) in [5.74, 6) is 0. The molecule has 5 heteroatoms. The van der Waals surface area contributed by atoms with E-state index >= 15 is 0 Å². The van der Waals surface area contributed by atoms with Crippen molar-refractivity contribution in [3.8, 4) is 11.1 Å². The summed E-state index contributed by atoms with van der Waals surface area (Å²) >= 11 is 0. The minimum Gasteiger partial charge on any atom is -0.264 e. The molecule has 0 aliphatic heterocycles. The van der Waals surface area contributed by atoms with Crippen LogP contribution in [0.5, 0.6) is 0 Å². The molecule has 4 aromatic carbocycles. The Morgan fingerprint density at radius 2 is 1.31 bits per heavy atom. The van der Waals surface area contributed by atoms with Crippen LogP contribution < -0.4 is 0 Å². The predicted molar refractivity (Wildman–Crippen MR) is 114 cm³/mol. The van der Waals surface area contributed by atoms with Gasteiger partial charge in [0.15, 0.2) is 0 Å². The molecule has 0 atom stereocenters. The fraction of sp³-hybridized carbons (Fsp3) is 0.0417. The first kappa shape index (κ1) is 17.6. The van der Waals surface area contributed by atoms with E-state index in [-0.39, 0.29) is 4.90 Å². The van der Waals surface area contributed by atoms with E-state index in [1.165, 1.54) is 12.1 Å². The third-order valence-corrected chi connectivity index (χ3v) is 6.29. The van der Waals surface area contributed by atoms with Crippen LogP contribution in [0.15, 0.2) is 95.0 Å². The van der Waals surface area contributed by atoms with Crippen LogP contribution in [0.25, 0.3) is 21.9 Å². The fourth-order valence-corrected chi connectivity index (χ4v) is 4.49. The van der Waals surface area contributed by atoms with Gasteiger partial charge in [0, 0.05) is 11.1 Å². The Bertz CT molecular complexity index is 1380. The Balaban J connectivity index is 1.69. The van der Waals surface area contributed by atoms with Crippen molar-refractivity contribution in [2.24, 2.45) is 5.16 Å². The molecule has 0 saturated carbocycles. The molecule has 1 aliphatic carbocycles. The first-order valence-corrected chi connectivity index (χ1v) is 10.7. The lowest BCUT2D eigenvalue weighted by atomic mass is 9.82. The number of rotatable bonds is 3. The number of benzene rings is 4. The van der Waals surface area contributed by atoms with E-state index in [1.54, 1.807) is 12.1 Å². The topological polar surface area (TPSA) is 55.7 Å². The summed E-state index contributed by atoms with van der Waals surface area (Å²) in [5, 5.41) is 6.27. The van der Waals surface area contributed by atoms with E-state index in [0.29, 0.717) is 5.71 Å². The molecule has 29 heavy (non-hydrogen) atoms. The molecule has 0 saturated heterocycles. The third kappa shape index (κ3) is 2.91. The summed E-state index contributed by atoms with van der Waals surface area (Å²) in [7, 11) is -4.01. The van der Waals surface area contributed by atoms with E-state index in [1.807, 2.05) is 61.5 Å². The lowest BCUT2D eigenvalue weighted by Crippen LogP contribution is -2.13. The fourth-order valence-electron chi connectivity index (χ4n) is 3.76. The Hall–Kier alpha value is -3.44. The molecule has 4 aromatic rings. The Morgan fingerprint density at radius 1 is 0.690 bits per heavy atom. The van der Waals surface area contributed by atoms with Gasteiger partial charge in [0.1, 0.15) is 10.6 Å². The highest BCUT2D eigenvalue weighted by Crippen LogP contribution is 2.39. The van der Waals surface area contributed by atoms with Crippen LogP contribution in [0, 0.1) is 6.92 Å². The zero-order valence-electron chi connectivity index (χ0n) is 15.7. The maximum atomic E-state index is 12.7. The van der Waals surface area contributed by atoms with Crippen LogP contribution in [0.2, 0.25) is 0 Å². The summed E-state index contributed by atoms with van der Waals surface area (Å²) in [5.41, 5.74) is 5.30. The van der Waals surface area contributed by atoms with E-state index < -0.39 is 10.1 Å². The Labute approximate surface area is 169 Å². The van der Waals surface area contributed by atoms with Crippen molar-refractivity contribution in [1.29, 1.82) is 0 Å². The van der Waals surface area contributed by atoms with Crippen molar-refractivity contribution < 1.29 is 12.7 Å². The quantitative estimate of drug-likeness (QED) is 0.388. The molecule has 142 valence electrons. The van der Waals surface area contributed by atoms with Crippen molar-refractivity contribution in [3.63, 3.8) is 0 Å². The van der Waals surface area contributed by atoms with Gasteiger partial charge in [-0.25, -0.2) is 0 Å². The van der Waals surface area contributed by atoms with Gasteiger partial charge in [-0.15, -0.1) is 0 Å². The van der Waals surface area contributed by atoms with Crippen molar-refractivity contribution in [1.82, 2.24) is 0 Å². The zero-order valence-corrected chi connectivity index (χ0v) is 16.5. The molecular formula is C24H17NO3S. The second kappa shape index (κ2) is 6.57. The van der Waals surface area contributed by atoms with E-state index in [2.05, 4.69) is 11.2 Å². The molecular weight excluding hydrogens is 382 g/mol. The van der Waals surface area contributed by atoms with Crippen LogP contribution in [-0.4, -0.2) is 14.1 Å². The summed E-state index contributed by atoms with van der Waals surface area (Å²) in [6.45, 7) is 1.90. The average Bonchev–Trinajstić information content (AvgIpc) is 2.74. The largest absolute Gasteiger partial charge is 0.358 e. The van der Waals surface area contributed by atoms with Gasteiger partial charge in [-0.2, -0.15) is 8.42 Å². The summed E-state index contributed by atoms with van der Waals surface area (Å²) in [6.07, 6.45) is 0. The highest BCUT2D eigenvalue weighted by Gasteiger charge is 2.25. The monoisotopic (exact) mass is 399 g/mol. The number of hydrogen-bond donors (Lipinski definition) is 0. The highest BCUT2D eigenvalue weighted by atomic mass is 32.2. The number of nitrogens with zero attached hydrogens (tertiary/aromatic N) is 1. The summed E-state index contributed by atoms with van der Waals surface area (Å²) in [6, 6.07) is 26.4. The number of hydrogen-bond acceptors (Lipinski definition) is 4. The van der Waals surface area contributed by atoms with Crippen LogP contribution in [0.3, 0.4) is 0 Å². The molecule has 0 aromatic heterocycles. The molecule has 0 heterocycles. The second-order valence-electron chi connectivity index (χ2n) is 7.04. The van der Waals surface area contributed by atoms with Gasteiger partial charge in [-0.3, -0.25) is 4.28 Å². The molecule has 0 amide bonds. The minimum absolute atomic E-state index is 0.0788. The molecule has 0 radical (unpaired) electrons. The number of fused-ring (bicyclic) bond motifs is 2. The number of aryl methyl sites for hydroxylation is 1. The van der Waals surface area contributed by atoms with Crippen molar-refractivity contribution in [2.45, 2.75) is 11.8 Å². The lowest BCUT2D eigenvalue weighted by molar-refractivity contribution is 0.339. The normalized spacial score (nSPS) is 14.0. The van der Waals surface area contributed by atoms with Crippen LogP contribution in [0.4, 0.5) is 0 Å². The SMILES string of the molecule is Cc1ccc(S(=O)(=O)O/N=C2/c3ccccc3-c3cccc4cccc2c34)cc1. The standard InChI is InChI=1S/C24H17NO3S/c1-16-12-14-18(15-13-16)29(26,27)28-25-24-21-9-3-2-8-19(21)20-10-4-6-17-7-5-11-22(24)23(17)20/h2-15H,1H3/b25-24-. The average molecular weight is 399 g/mol. The molecule has 5 rings (SSSR count). The molecule has 1 aliphatic rings. The van der Waals surface area contributed by atoms with Crippen molar-refractivity contribution in [2.75, 3.05) is 0 Å². The Morgan fingerprint density at radius 3 is 2.03 bits per heavy atom. The highest BCUT2D eigenvalue weighted by molar-refractivity contribution is 7.86. The zero-order chi connectivity index (χ0) is 20.0. The van der Waals surface area contributed by atoms with Gasteiger partial charge in [0.05, 0.1) is 0 Å². The molecule has 0 unspecified atom stereocenters. The van der Waals surface area contributed by atoms with Gasteiger partial charge >= 0.3 is 10.1 Å². The molecule has 4 nitrogen and oxygen atoms in total. The lowest BCUT2D eigenvalue weighted by Gasteiger charge is -2.21. The van der Waals surface area contributed by atoms with Crippen molar-refractivity contribution in [3.05, 3.63) is 102 Å². The van der Waals surface area contributed by atoms with Crippen LogP contribution >= 0.6 is 0 Å². The predicted octanol–water partition coefficient (Wildman–Crippen LogP) is 5.29. The Kier molecular flexibility index (Phi) is 4.00. The molecule has 0 N–H and O–H groups in total. The summed E-state index contributed by atoms with van der Waals surface area (Å²) in [4.78, 5) is 0.0788. The first-order valence-electron chi connectivity index (χ1n) is 9.25. The smallest absolute Gasteiger partial charge is 0.264 e. The van der Waals surface area contributed by atoms with Gasteiger partial charge in [-0.1, -0.05) is 83.5 Å². The van der Waals surface area contributed by atoms with E-state index in [9.17, 15) is 8.42 Å². The molecule has 0 bridgehead atoms. The van der Waals surface area contributed by atoms with Gasteiger partial charge in [0.25, 0.3) is 0 Å². The molecule has 0 spiro atoms. The van der Waals surface area contributed by atoms with Crippen molar-refractivity contribution >= 4 is 26.6 Å². The van der Waals surface area contributed by atoms with Crippen LogP contribution in [-0.2, 0) is 14.4 Å². The van der Waals surface area contributed by atoms with Gasteiger partial charge in [0.2, 0.25) is 0 Å². The second-order valence-corrected chi connectivity index (χ2v) is 8.57. The summed E-state index contributed by atoms with van der Waals surface area (Å²) < 4.78 is 30.5. The van der Waals surface area contributed by atoms with Gasteiger partial charge in [-0.05, 0) is 41.0 Å². The maximum absolute atomic E-state index is 12.7. The minimum atomic E-state index is -4.01. The maximum Gasteiger partial charge on any atom is 0.358 e. The third-order valence-electron chi connectivity index (χ3n) is 5.17. The van der Waals surface area contributed by atoms with Crippen LogP contribution in [0.1, 0.15) is 16.7 Å². The number of oxime groups is 1.